The maximum atomic E-state index is 12.9. The van der Waals surface area contributed by atoms with Gasteiger partial charge in [-0.3, -0.25) is 9.72 Å². The summed E-state index contributed by atoms with van der Waals surface area (Å²) in [5, 5.41) is 1.63. The van der Waals surface area contributed by atoms with Crippen LogP contribution < -0.4 is 19.5 Å². The molecule has 0 fully saturated rings. The van der Waals surface area contributed by atoms with Crippen LogP contribution in [0.25, 0.3) is 5.65 Å². The van der Waals surface area contributed by atoms with Crippen molar-refractivity contribution < 1.29 is 22.7 Å². The number of fused-ring (bicyclic) bond motifs is 1. The van der Waals surface area contributed by atoms with Gasteiger partial charge in [-0.05, 0) is 24.5 Å². The smallest absolute Gasteiger partial charge is 0.335 e. The Kier molecular flexibility index (Phi) is 6.81. The summed E-state index contributed by atoms with van der Waals surface area (Å²) >= 11 is 6.09. The highest BCUT2D eigenvalue weighted by Gasteiger charge is 2.27. The van der Waals surface area contributed by atoms with Gasteiger partial charge in [-0.1, -0.05) is 31.0 Å². The number of ether oxygens (including phenoxy) is 2. The van der Waals surface area contributed by atoms with E-state index in [2.05, 4.69) is 27.2 Å². The summed E-state index contributed by atoms with van der Waals surface area (Å²) in [5.41, 5.74) is 1.26. The summed E-state index contributed by atoms with van der Waals surface area (Å²) in [6.45, 7) is 2.06. The standard InChI is InChI=1S/C18H21ClN6O5S/c1-4-5-6-11-7-8-12-20-15(19)16(25(12)10-11)31(27,28)24-18(26)23-17-21-13(29-2)9-14(22-17)30-3/h7-10H,4-6H2,1-3H3,(H2,21,22,23,24,26). The van der Waals surface area contributed by atoms with Gasteiger partial charge in [0.1, 0.15) is 5.65 Å². The van der Waals surface area contributed by atoms with Gasteiger partial charge in [0, 0.05) is 6.20 Å². The number of pyridine rings is 1. The molecule has 2 amide bonds. The Hall–Kier alpha value is -3.12. The van der Waals surface area contributed by atoms with Crippen LogP contribution in [0.1, 0.15) is 25.3 Å². The number of aryl methyl sites for hydroxylation is 1. The number of imidazole rings is 1. The first kappa shape index (κ1) is 22.6. The van der Waals surface area contributed by atoms with Crippen LogP contribution in [0.15, 0.2) is 29.4 Å². The maximum absolute atomic E-state index is 12.9. The van der Waals surface area contributed by atoms with Crippen molar-refractivity contribution in [1.82, 2.24) is 24.1 Å². The van der Waals surface area contributed by atoms with E-state index >= 15 is 0 Å². The molecule has 0 bridgehead atoms. The molecule has 2 N–H and O–H groups in total. The third-order valence-corrected chi connectivity index (χ3v) is 5.95. The van der Waals surface area contributed by atoms with Gasteiger partial charge in [0.25, 0.3) is 10.0 Å². The van der Waals surface area contributed by atoms with E-state index < -0.39 is 16.1 Å². The van der Waals surface area contributed by atoms with Gasteiger partial charge in [0.15, 0.2) is 10.2 Å². The molecule has 166 valence electrons. The summed E-state index contributed by atoms with van der Waals surface area (Å²) in [6, 6.07) is 3.84. The molecule has 3 aromatic heterocycles. The van der Waals surface area contributed by atoms with Crippen molar-refractivity contribution in [2.75, 3.05) is 19.5 Å². The highest BCUT2D eigenvalue weighted by Crippen LogP contribution is 2.24. The van der Waals surface area contributed by atoms with E-state index in [9.17, 15) is 13.2 Å². The van der Waals surface area contributed by atoms with E-state index in [1.54, 1.807) is 12.3 Å². The Morgan fingerprint density at radius 2 is 1.84 bits per heavy atom. The molecule has 0 aliphatic carbocycles. The monoisotopic (exact) mass is 468 g/mol. The number of amides is 2. The molecule has 0 aliphatic heterocycles. The molecule has 0 aromatic carbocycles. The second-order valence-electron chi connectivity index (χ2n) is 6.41. The molecule has 3 aromatic rings. The summed E-state index contributed by atoms with van der Waals surface area (Å²) in [4.78, 5) is 24.2. The number of rotatable bonds is 8. The normalized spacial score (nSPS) is 11.4. The summed E-state index contributed by atoms with van der Waals surface area (Å²) < 4.78 is 39.0. The summed E-state index contributed by atoms with van der Waals surface area (Å²) in [7, 11) is -1.63. The molecule has 3 rings (SSSR count). The lowest BCUT2D eigenvalue weighted by atomic mass is 10.1. The number of urea groups is 1. The van der Waals surface area contributed by atoms with Gasteiger partial charge in [-0.15, -0.1) is 0 Å². The lowest BCUT2D eigenvalue weighted by Gasteiger charge is -2.10. The number of aromatic nitrogens is 4. The van der Waals surface area contributed by atoms with E-state index in [0.717, 1.165) is 24.8 Å². The number of unbranched alkanes of at least 4 members (excludes halogenated alkanes) is 1. The minimum Gasteiger partial charge on any atom is -0.481 e. The van der Waals surface area contributed by atoms with Crippen LogP contribution in [0.2, 0.25) is 5.15 Å². The number of anilines is 1. The quantitative estimate of drug-likeness (QED) is 0.514. The van der Waals surface area contributed by atoms with Crippen molar-refractivity contribution in [3.63, 3.8) is 0 Å². The molecule has 0 saturated heterocycles. The van der Waals surface area contributed by atoms with Crippen molar-refractivity contribution in [1.29, 1.82) is 0 Å². The topological polar surface area (TPSA) is 137 Å². The predicted octanol–water partition coefficient (Wildman–Crippen LogP) is 2.65. The van der Waals surface area contributed by atoms with E-state index in [4.69, 9.17) is 21.1 Å². The number of methoxy groups -OCH3 is 2. The highest BCUT2D eigenvalue weighted by molar-refractivity contribution is 7.90. The Balaban J connectivity index is 1.87. The van der Waals surface area contributed by atoms with Crippen LogP contribution in [0, 0.1) is 0 Å². The minimum absolute atomic E-state index is 0.120. The van der Waals surface area contributed by atoms with E-state index in [-0.39, 0.29) is 27.9 Å². The van der Waals surface area contributed by atoms with Gasteiger partial charge < -0.3 is 9.47 Å². The van der Waals surface area contributed by atoms with Crippen LogP contribution in [0.4, 0.5) is 10.7 Å². The third kappa shape index (κ3) is 5.14. The Bertz CT molecular complexity index is 1190. The molecule has 0 atom stereocenters. The van der Waals surface area contributed by atoms with Crippen molar-refractivity contribution in [2.24, 2.45) is 0 Å². The fourth-order valence-electron chi connectivity index (χ4n) is 2.77. The molecule has 3 heterocycles. The van der Waals surface area contributed by atoms with Gasteiger partial charge in [-0.2, -0.15) is 18.4 Å². The second-order valence-corrected chi connectivity index (χ2v) is 8.37. The van der Waals surface area contributed by atoms with Crippen molar-refractivity contribution in [2.45, 2.75) is 31.2 Å². The van der Waals surface area contributed by atoms with Crippen molar-refractivity contribution >= 4 is 39.3 Å². The number of carbonyl (C=O) groups is 1. The molecule has 0 spiro atoms. The fraction of sp³-hybridized carbons (Fsp3) is 0.333. The van der Waals surface area contributed by atoms with Gasteiger partial charge >= 0.3 is 6.03 Å². The third-order valence-electron chi connectivity index (χ3n) is 4.22. The molecule has 11 nitrogen and oxygen atoms in total. The molecular weight excluding hydrogens is 448 g/mol. The SMILES string of the molecule is CCCCc1ccc2nc(Cl)c(S(=O)(=O)NC(=O)Nc3nc(OC)cc(OC)n3)n2c1. The molecular formula is C18H21ClN6O5S. The van der Waals surface area contributed by atoms with Gasteiger partial charge in [-0.25, -0.2) is 14.5 Å². The van der Waals surface area contributed by atoms with E-state index in [1.807, 2.05) is 10.8 Å². The highest BCUT2D eigenvalue weighted by atomic mass is 35.5. The zero-order chi connectivity index (χ0) is 22.6. The summed E-state index contributed by atoms with van der Waals surface area (Å²) in [6.07, 6.45) is 4.35. The lowest BCUT2D eigenvalue weighted by Crippen LogP contribution is -2.35. The number of nitrogens with zero attached hydrogens (tertiary/aromatic N) is 4. The zero-order valence-corrected chi connectivity index (χ0v) is 18.6. The Morgan fingerprint density at radius 1 is 1.16 bits per heavy atom. The average molecular weight is 469 g/mol. The van der Waals surface area contributed by atoms with Gasteiger partial charge in [0.2, 0.25) is 17.7 Å². The van der Waals surface area contributed by atoms with Gasteiger partial charge in [0.05, 0.1) is 20.3 Å². The first-order valence-electron chi connectivity index (χ1n) is 9.24. The van der Waals surface area contributed by atoms with Crippen LogP contribution in [0.5, 0.6) is 11.8 Å². The van der Waals surface area contributed by atoms with Crippen molar-refractivity contribution in [3.8, 4) is 11.8 Å². The molecule has 13 heteroatoms. The largest absolute Gasteiger partial charge is 0.481 e. The van der Waals surface area contributed by atoms with Crippen LogP contribution in [0.3, 0.4) is 0 Å². The van der Waals surface area contributed by atoms with E-state index in [1.165, 1.54) is 24.7 Å². The number of nitrogens with one attached hydrogen (secondary N) is 2. The molecule has 0 unspecified atom stereocenters. The number of carbonyl (C=O) groups excluding carboxylic acids is 1. The number of hydrogen-bond acceptors (Lipinski definition) is 8. The minimum atomic E-state index is -4.37. The second kappa shape index (κ2) is 9.35. The molecule has 0 aliphatic rings. The average Bonchev–Trinajstić information content (AvgIpc) is 3.07. The molecule has 31 heavy (non-hydrogen) atoms. The molecule has 0 radical (unpaired) electrons. The number of halogens is 1. The first-order valence-corrected chi connectivity index (χ1v) is 11.1. The first-order chi connectivity index (χ1) is 14.8. The van der Waals surface area contributed by atoms with Crippen molar-refractivity contribution in [3.05, 3.63) is 35.1 Å². The zero-order valence-electron chi connectivity index (χ0n) is 17.0. The van der Waals surface area contributed by atoms with Crippen LogP contribution in [-0.4, -0.2) is 48.0 Å². The Labute approximate surface area is 183 Å². The number of sulfonamides is 1. The predicted molar refractivity (Wildman–Crippen MR) is 113 cm³/mol. The van der Waals surface area contributed by atoms with Crippen LogP contribution in [-0.2, 0) is 16.4 Å². The maximum Gasteiger partial charge on any atom is 0.335 e. The lowest BCUT2D eigenvalue weighted by molar-refractivity contribution is 0.256. The van der Waals surface area contributed by atoms with Crippen LogP contribution >= 0.6 is 11.6 Å². The number of hydrogen-bond donors (Lipinski definition) is 2. The summed E-state index contributed by atoms with van der Waals surface area (Å²) in [5.74, 6) is 0.0267. The molecule has 0 saturated carbocycles. The fourth-order valence-corrected chi connectivity index (χ4v) is 4.32. The van der Waals surface area contributed by atoms with E-state index in [0.29, 0.717) is 5.65 Å². The Morgan fingerprint density at radius 3 is 2.45 bits per heavy atom.